The number of nitrogens with zero attached hydrogens (tertiary/aromatic N) is 6. The number of aryl methyl sites for hydroxylation is 2. The summed E-state index contributed by atoms with van der Waals surface area (Å²) in [6, 6.07) is 15.0. The SMILES string of the molecule is Cn1ncc2c(-c3ccc(NC(=O)Nc4ccc(-c5cncc6c5cnn6C)cc4)cc3)cncc21. The Hall–Kier alpha value is -5.05. The zero-order valence-electron chi connectivity index (χ0n) is 19.7. The van der Waals surface area contributed by atoms with E-state index in [0.717, 1.165) is 44.1 Å². The number of carbonyl (C=O) groups is 1. The third-order valence-electron chi connectivity index (χ3n) is 6.26. The first-order valence-electron chi connectivity index (χ1n) is 11.4. The second-order valence-electron chi connectivity index (χ2n) is 8.51. The molecule has 0 unspecified atom stereocenters. The van der Waals surface area contributed by atoms with E-state index in [1.807, 2.05) is 87.4 Å². The molecular formula is C27H22N8O. The second-order valence-corrected chi connectivity index (χ2v) is 8.51. The minimum atomic E-state index is -0.317. The number of nitrogens with one attached hydrogen (secondary N) is 2. The lowest BCUT2D eigenvalue weighted by molar-refractivity contribution is 0.262. The molecular weight excluding hydrogens is 452 g/mol. The first kappa shape index (κ1) is 21.5. The van der Waals surface area contributed by atoms with Crippen molar-refractivity contribution in [2.24, 2.45) is 14.1 Å². The van der Waals surface area contributed by atoms with E-state index in [2.05, 4.69) is 30.8 Å². The van der Waals surface area contributed by atoms with Gasteiger partial charge in [0.2, 0.25) is 0 Å². The average Bonchev–Trinajstić information content (AvgIpc) is 3.47. The Balaban J connectivity index is 1.15. The van der Waals surface area contributed by atoms with Crippen LogP contribution in [0.15, 0.2) is 85.7 Å². The van der Waals surface area contributed by atoms with Crippen molar-refractivity contribution in [2.45, 2.75) is 0 Å². The molecule has 0 atom stereocenters. The van der Waals surface area contributed by atoms with Gasteiger partial charge in [0.25, 0.3) is 0 Å². The molecule has 0 bridgehead atoms. The van der Waals surface area contributed by atoms with Crippen molar-refractivity contribution in [1.29, 1.82) is 0 Å². The van der Waals surface area contributed by atoms with Crippen molar-refractivity contribution >= 4 is 39.2 Å². The number of benzene rings is 2. The number of aromatic nitrogens is 6. The molecule has 0 spiro atoms. The van der Waals surface area contributed by atoms with Crippen LogP contribution in [0.2, 0.25) is 0 Å². The van der Waals surface area contributed by atoms with Gasteiger partial charge in [-0.25, -0.2) is 4.79 Å². The number of urea groups is 1. The average molecular weight is 475 g/mol. The highest BCUT2D eigenvalue weighted by Gasteiger charge is 2.10. The van der Waals surface area contributed by atoms with Gasteiger partial charge in [0.15, 0.2) is 0 Å². The van der Waals surface area contributed by atoms with E-state index < -0.39 is 0 Å². The summed E-state index contributed by atoms with van der Waals surface area (Å²) in [6.45, 7) is 0. The maximum atomic E-state index is 12.6. The highest BCUT2D eigenvalue weighted by Crippen LogP contribution is 2.29. The molecule has 9 heteroatoms. The van der Waals surface area contributed by atoms with Crippen LogP contribution >= 0.6 is 0 Å². The fourth-order valence-corrected chi connectivity index (χ4v) is 4.34. The molecule has 0 aliphatic rings. The number of pyridine rings is 2. The van der Waals surface area contributed by atoms with Crippen LogP contribution in [-0.4, -0.2) is 35.6 Å². The predicted octanol–water partition coefficient (Wildman–Crippen LogP) is 5.23. The molecule has 0 fully saturated rings. The Labute approximate surface area is 206 Å². The zero-order valence-corrected chi connectivity index (χ0v) is 19.7. The van der Waals surface area contributed by atoms with E-state index in [-0.39, 0.29) is 6.03 Å². The lowest BCUT2D eigenvalue weighted by atomic mass is 10.0. The molecule has 176 valence electrons. The predicted molar refractivity (Wildman–Crippen MR) is 141 cm³/mol. The first-order chi connectivity index (χ1) is 17.6. The minimum Gasteiger partial charge on any atom is -0.308 e. The van der Waals surface area contributed by atoms with Gasteiger partial charge in [-0.1, -0.05) is 24.3 Å². The number of hydrogen-bond donors (Lipinski definition) is 2. The molecule has 0 aliphatic heterocycles. The van der Waals surface area contributed by atoms with Crippen molar-refractivity contribution in [1.82, 2.24) is 29.5 Å². The number of rotatable bonds is 4. The molecule has 9 nitrogen and oxygen atoms in total. The van der Waals surface area contributed by atoms with Gasteiger partial charge < -0.3 is 10.6 Å². The van der Waals surface area contributed by atoms with Crippen LogP contribution in [0, 0.1) is 0 Å². The standard InChI is InChI=1S/C27H22N8O/c1-34-25-15-28-11-21(23(25)13-30-34)17-3-7-19(8-4-17)32-27(36)33-20-9-5-18(6-10-20)22-12-29-16-26-24(22)14-31-35(26)2/h3-16H,1-2H3,(H2,32,33,36). The molecule has 2 aromatic carbocycles. The Kier molecular flexibility index (Phi) is 5.15. The van der Waals surface area contributed by atoms with Crippen molar-refractivity contribution < 1.29 is 4.79 Å². The number of anilines is 2. The topological polar surface area (TPSA) is 103 Å². The molecule has 0 aliphatic carbocycles. The summed E-state index contributed by atoms with van der Waals surface area (Å²) in [5.41, 5.74) is 7.30. The summed E-state index contributed by atoms with van der Waals surface area (Å²) >= 11 is 0. The van der Waals surface area contributed by atoms with Gasteiger partial charge in [0.05, 0.1) is 35.8 Å². The molecule has 0 saturated heterocycles. The Morgan fingerprint density at radius 3 is 1.44 bits per heavy atom. The van der Waals surface area contributed by atoms with Crippen LogP contribution in [0.4, 0.5) is 16.2 Å². The second kappa shape index (κ2) is 8.62. The monoisotopic (exact) mass is 474 g/mol. The van der Waals surface area contributed by atoms with Gasteiger partial charge in [-0.2, -0.15) is 10.2 Å². The van der Waals surface area contributed by atoms with Crippen LogP contribution in [0.1, 0.15) is 0 Å². The maximum Gasteiger partial charge on any atom is 0.323 e. The molecule has 6 rings (SSSR count). The van der Waals surface area contributed by atoms with Crippen LogP contribution < -0.4 is 10.6 Å². The highest BCUT2D eigenvalue weighted by atomic mass is 16.2. The summed E-state index contributed by atoms with van der Waals surface area (Å²) < 4.78 is 3.60. The van der Waals surface area contributed by atoms with Crippen molar-refractivity contribution in [2.75, 3.05) is 10.6 Å². The van der Waals surface area contributed by atoms with Crippen LogP contribution in [0.3, 0.4) is 0 Å². The van der Waals surface area contributed by atoms with Gasteiger partial charge in [0, 0.05) is 59.8 Å². The zero-order chi connectivity index (χ0) is 24.6. The molecule has 36 heavy (non-hydrogen) atoms. The summed E-state index contributed by atoms with van der Waals surface area (Å²) in [6.07, 6.45) is 10.9. The van der Waals surface area contributed by atoms with E-state index >= 15 is 0 Å². The summed E-state index contributed by atoms with van der Waals surface area (Å²) in [7, 11) is 3.79. The fourth-order valence-electron chi connectivity index (χ4n) is 4.34. The molecule has 4 heterocycles. The number of fused-ring (bicyclic) bond motifs is 2. The molecule has 2 amide bonds. The summed E-state index contributed by atoms with van der Waals surface area (Å²) in [5.74, 6) is 0. The quantitative estimate of drug-likeness (QED) is 0.364. The van der Waals surface area contributed by atoms with E-state index in [1.165, 1.54) is 0 Å². The highest BCUT2D eigenvalue weighted by molar-refractivity contribution is 6.01. The van der Waals surface area contributed by atoms with E-state index in [9.17, 15) is 4.79 Å². The summed E-state index contributed by atoms with van der Waals surface area (Å²) in [5, 5.41) is 16.5. The van der Waals surface area contributed by atoms with Crippen LogP contribution in [-0.2, 0) is 14.1 Å². The normalized spacial score (nSPS) is 11.2. The molecule has 0 saturated carbocycles. The number of amides is 2. The lowest BCUT2D eigenvalue weighted by Gasteiger charge is -2.10. The van der Waals surface area contributed by atoms with Gasteiger partial charge in [-0.05, 0) is 35.4 Å². The fraction of sp³-hybridized carbons (Fsp3) is 0.0741. The van der Waals surface area contributed by atoms with Crippen molar-refractivity contribution in [3.05, 3.63) is 85.7 Å². The number of hydrogen-bond acceptors (Lipinski definition) is 5. The molecule has 2 N–H and O–H groups in total. The van der Waals surface area contributed by atoms with E-state index in [0.29, 0.717) is 11.4 Å². The van der Waals surface area contributed by atoms with Crippen LogP contribution in [0.25, 0.3) is 44.1 Å². The largest absolute Gasteiger partial charge is 0.323 e. The van der Waals surface area contributed by atoms with E-state index in [1.54, 1.807) is 21.8 Å². The van der Waals surface area contributed by atoms with Crippen molar-refractivity contribution in [3.8, 4) is 22.3 Å². The van der Waals surface area contributed by atoms with Crippen molar-refractivity contribution in [3.63, 3.8) is 0 Å². The third kappa shape index (κ3) is 3.82. The number of carbonyl (C=O) groups excluding carboxylic acids is 1. The summed E-state index contributed by atoms with van der Waals surface area (Å²) in [4.78, 5) is 21.2. The Morgan fingerprint density at radius 1 is 0.611 bits per heavy atom. The van der Waals surface area contributed by atoms with Gasteiger partial charge in [-0.3, -0.25) is 19.3 Å². The Bertz CT molecular complexity index is 1590. The molecule has 0 radical (unpaired) electrons. The smallest absolute Gasteiger partial charge is 0.308 e. The van der Waals surface area contributed by atoms with Gasteiger partial charge in [0.1, 0.15) is 0 Å². The van der Waals surface area contributed by atoms with Crippen LogP contribution in [0.5, 0.6) is 0 Å². The molecule has 4 aromatic heterocycles. The first-order valence-corrected chi connectivity index (χ1v) is 11.4. The third-order valence-corrected chi connectivity index (χ3v) is 6.26. The maximum absolute atomic E-state index is 12.6. The molecule has 6 aromatic rings. The van der Waals surface area contributed by atoms with E-state index in [4.69, 9.17) is 0 Å². The van der Waals surface area contributed by atoms with Gasteiger partial charge >= 0.3 is 6.03 Å². The minimum absolute atomic E-state index is 0.317. The Morgan fingerprint density at radius 2 is 1.03 bits per heavy atom. The lowest BCUT2D eigenvalue weighted by Crippen LogP contribution is -2.19. The van der Waals surface area contributed by atoms with Gasteiger partial charge in [-0.15, -0.1) is 0 Å².